The van der Waals surface area contributed by atoms with Crippen LogP contribution in [0.3, 0.4) is 0 Å². The molecule has 0 fully saturated rings. The van der Waals surface area contributed by atoms with Crippen LogP contribution in [0.15, 0.2) is 20.5 Å². The van der Waals surface area contributed by atoms with Crippen LogP contribution in [0.25, 0.3) is 0 Å². The van der Waals surface area contributed by atoms with Crippen molar-refractivity contribution in [3.63, 3.8) is 0 Å². The number of rotatable bonds is 2. The van der Waals surface area contributed by atoms with Crippen LogP contribution >= 0.6 is 0 Å². The molecule has 6 nitrogen and oxygen atoms in total. The Balaban J connectivity index is 0. The highest BCUT2D eigenvalue weighted by Gasteiger charge is 2.17. The van der Waals surface area contributed by atoms with Gasteiger partial charge in [-0.05, 0) is 69.2 Å². The van der Waals surface area contributed by atoms with E-state index in [9.17, 15) is 0 Å². The van der Waals surface area contributed by atoms with Crippen LogP contribution in [0.5, 0.6) is 0 Å². The van der Waals surface area contributed by atoms with Crippen LogP contribution < -0.4 is 0 Å². The summed E-state index contributed by atoms with van der Waals surface area (Å²) in [5.74, 6) is 0. The third kappa shape index (κ3) is 16.2. The van der Waals surface area contributed by atoms with Crippen molar-refractivity contribution in [2.45, 2.75) is 91.4 Å². The molecule has 0 radical (unpaired) electrons. The van der Waals surface area contributed by atoms with E-state index in [0.29, 0.717) is 0 Å². The molecule has 0 N–H and O–H groups in total. The van der Waals surface area contributed by atoms with E-state index in [-0.39, 0.29) is 11.1 Å². The highest BCUT2D eigenvalue weighted by atomic mass is 15.2. The van der Waals surface area contributed by atoms with Crippen molar-refractivity contribution in [2.75, 3.05) is 0 Å². The minimum absolute atomic E-state index is 0.186. The standard InChI is InChI=1S/2C8H15N3/c2*1-7(2,3)10-11-8(4,5)6-9/h2*1-5H3. The summed E-state index contributed by atoms with van der Waals surface area (Å²) in [5, 5.41) is 33.0. The predicted molar refractivity (Wildman–Crippen MR) is 88.6 cm³/mol. The molecule has 0 aliphatic heterocycles. The lowest BCUT2D eigenvalue weighted by molar-refractivity contribution is 0.495. The second-order valence-corrected chi connectivity index (χ2v) is 8.08. The topological polar surface area (TPSA) is 97.0 Å². The molecule has 124 valence electrons. The van der Waals surface area contributed by atoms with E-state index in [4.69, 9.17) is 10.5 Å². The molecule has 0 rings (SSSR count). The lowest BCUT2D eigenvalue weighted by atomic mass is 10.1. The van der Waals surface area contributed by atoms with Crippen molar-refractivity contribution in [1.29, 1.82) is 10.5 Å². The van der Waals surface area contributed by atoms with Gasteiger partial charge in [-0.3, -0.25) is 0 Å². The van der Waals surface area contributed by atoms with Gasteiger partial charge in [-0.2, -0.15) is 31.0 Å². The molecule has 0 bridgehead atoms. The molecule has 0 aromatic rings. The van der Waals surface area contributed by atoms with Gasteiger partial charge in [0.2, 0.25) is 0 Å². The summed E-state index contributed by atoms with van der Waals surface area (Å²) in [7, 11) is 0. The van der Waals surface area contributed by atoms with Crippen LogP contribution in [0, 0.1) is 22.7 Å². The Hall–Kier alpha value is -1.82. The second-order valence-electron chi connectivity index (χ2n) is 8.08. The molecule has 0 unspecified atom stereocenters. The van der Waals surface area contributed by atoms with E-state index in [1.807, 2.05) is 41.5 Å². The van der Waals surface area contributed by atoms with Gasteiger partial charge in [-0.1, -0.05) is 0 Å². The van der Waals surface area contributed by atoms with Gasteiger partial charge in [0.15, 0.2) is 11.1 Å². The van der Waals surface area contributed by atoms with E-state index in [1.165, 1.54) is 0 Å². The first kappa shape index (κ1) is 22.5. The highest BCUT2D eigenvalue weighted by molar-refractivity contribution is 5.00. The monoisotopic (exact) mass is 306 g/mol. The third-order valence-electron chi connectivity index (χ3n) is 1.75. The van der Waals surface area contributed by atoms with Crippen LogP contribution in [0.2, 0.25) is 0 Å². The van der Waals surface area contributed by atoms with E-state index in [1.54, 1.807) is 27.7 Å². The van der Waals surface area contributed by atoms with E-state index < -0.39 is 11.1 Å². The van der Waals surface area contributed by atoms with Crippen LogP contribution in [0.4, 0.5) is 0 Å². The van der Waals surface area contributed by atoms with Gasteiger partial charge in [0.05, 0.1) is 23.2 Å². The van der Waals surface area contributed by atoms with Gasteiger partial charge < -0.3 is 0 Å². The van der Waals surface area contributed by atoms with Gasteiger partial charge >= 0.3 is 0 Å². The van der Waals surface area contributed by atoms with Crippen LogP contribution in [-0.2, 0) is 0 Å². The smallest absolute Gasteiger partial charge is 0.161 e. The van der Waals surface area contributed by atoms with E-state index in [2.05, 4.69) is 32.6 Å². The Morgan fingerprint density at radius 3 is 0.864 bits per heavy atom. The molecular formula is C16H30N6. The van der Waals surface area contributed by atoms with E-state index >= 15 is 0 Å². The summed E-state index contributed by atoms with van der Waals surface area (Å²) < 4.78 is 0. The Labute approximate surface area is 135 Å². The summed E-state index contributed by atoms with van der Waals surface area (Å²) in [6.45, 7) is 18.6. The molecule has 0 aromatic heterocycles. The fourth-order valence-corrected chi connectivity index (χ4v) is 0.595. The number of nitriles is 2. The average molecular weight is 306 g/mol. The minimum Gasteiger partial charge on any atom is -0.196 e. The summed E-state index contributed by atoms with van der Waals surface area (Å²) in [5.41, 5.74) is -1.75. The Morgan fingerprint density at radius 2 is 0.727 bits per heavy atom. The molecule has 22 heavy (non-hydrogen) atoms. The first-order valence-electron chi connectivity index (χ1n) is 7.24. The maximum Gasteiger partial charge on any atom is 0.161 e. The maximum atomic E-state index is 8.59. The fraction of sp³-hybridized carbons (Fsp3) is 0.875. The zero-order valence-electron chi connectivity index (χ0n) is 15.7. The minimum atomic E-state index is -0.687. The highest BCUT2D eigenvalue weighted by Crippen LogP contribution is 2.14. The van der Waals surface area contributed by atoms with Gasteiger partial charge in [0, 0.05) is 0 Å². The lowest BCUT2D eigenvalue weighted by Gasteiger charge is -2.13. The van der Waals surface area contributed by atoms with Crippen molar-refractivity contribution in [1.82, 2.24) is 0 Å². The third-order valence-corrected chi connectivity index (χ3v) is 1.75. The first-order valence-corrected chi connectivity index (χ1v) is 7.24. The molecule has 6 heteroatoms. The summed E-state index contributed by atoms with van der Waals surface area (Å²) in [6, 6.07) is 4.11. The Kier molecular flexibility index (Phi) is 8.15. The van der Waals surface area contributed by atoms with E-state index in [0.717, 1.165) is 0 Å². The molecule has 0 aliphatic rings. The van der Waals surface area contributed by atoms with Crippen LogP contribution in [-0.4, -0.2) is 22.2 Å². The van der Waals surface area contributed by atoms with Crippen LogP contribution in [0.1, 0.15) is 69.2 Å². The van der Waals surface area contributed by atoms with Crippen molar-refractivity contribution in [3.8, 4) is 12.1 Å². The SMILES string of the molecule is CC(C)(C)N=NC(C)(C)C#N.CC(C)(C)N=NC(C)(C)C#N. The Bertz CT molecular complexity index is 427. The van der Waals surface area contributed by atoms with Gasteiger partial charge in [-0.15, -0.1) is 0 Å². The number of azo groups is 2. The molecular weight excluding hydrogens is 276 g/mol. The van der Waals surface area contributed by atoms with Crippen molar-refractivity contribution < 1.29 is 0 Å². The van der Waals surface area contributed by atoms with Crippen molar-refractivity contribution >= 4 is 0 Å². The van der Waals surface area contributed by atoms with Crippen molar-refractivity contribution in [2.24, 2.45) is 20.5 Å². The number of nitrogens with zero attached hydrogens (tertiary/aromatic N) is 6. The quantitative estimate of drug-likeness (QED) is 0.665. The van der Waals surface area contributed by atoms with Gasteiger partial charge in [0.1, 0.15) is 0 Å². The van der Waals surface area contributed by atoms with Gasteiger partial charge in [-0.25, -0.2) is 0 Å². The number of hydrogen-bond donors (Lipinski definition) is 0. The first-order chi connectivity index (χ1) is 9.54. The molecule has 0 saturated heterocycles. The largest absolute Gasteiger partial charge is 0.196 e. The molecule has 0 spiro atoms. The molecule has 0 atom stereocenters. The lowest BCUT2D eigenvalue weighted by Crippen LogP contribution is -2.16. The van der Waals surface area contributed by atoms with Gasteiger partial charge in [0.25, 0.3) is 0 Å². The normalized spacial score (nSPS) is 13.5. The zero-order valence-corrected chi connectivity index (χ0v) is 15.7. The molecule has 0 aliphatic carbocycles. The second kappa shape index (κ2) is 7.98. The summed E-state index contributed by atoms with van der Waals surface area (Å²) in [6.07, 6.45) is 0. The fourth-order valence-electron chi connectivity index (χ4n) is 0.595. The molecule has 0 heterocycles. The summed E-state index contributed by atoms with van der Waals surface area (Å²) >= 11 is 0. The maximum absolute atomic E-state index is 8.59. The Morgan fingerprint density at radius 1 is 0.500 bits per heavy atom. The predicted octanol–water partition coefficient (Wildman–Crippen LogP) is 5.08. The zero-order chi connectivity index (χ0) is 18.2. The molecule has 0 amide bonds. The number of hydrogen-bond acceptors (Lipinski definition) is 6. The van der Waals surface area contributed by atoms with Crippen molar-refractivity contribution in [3.05, 3.63) is 0 Å². The molecule has 0 saturated carbocycles. The summed E-state index contributed by atoms with van der Waals surface area (Å²) in [4.78, 5) is 0. The molecule has 0 aromatic carbocycles. The average Bonchev–Trinajstić information content (AvgIpc) is 2.34.